The molecular weight excluding hydrogens is 637 g/mol. The van der Waals surface area contributed by atoms with Gasteiger partial charge in [0.2, 0.25) is 0 Å². The van der Waals surface area contributed by atoms with Crippen LogP contribution >= 0.6 is 0 Å². The predicted molar refractivity (Wildman–Crippen MR) is 192 cm³/mol. The van der Waals surface area contributed by atoms with E-state index in [-0.39, 0.29) is 23.8 Å². The van der Waals surface area contributed by atoms with E-state index in [1.165, 1.54) is 108 Å². The van der Waals surface area contributed by atoms with E-state index in [1.54, 1.807) is 6.07 Å². The van der Waals surface area contributed by atoms with Crippen molar-refractivity contribution in [3.63, 3.8) is 0 Å². The number of unbranched alkanes of at least 4 members (excludes halogenated alkanes) is 18. The summed E-state index contributed by atoms with van der Waals surface area (Å²) < 4.78 is 78.9. The molecule has 0 heterocycles. The highest BCUT2D eigenvalue weighted by Gasteiger charge is 2.21. The first kappa shape index (κ1) is 45.0. The van der Waals surface area contributed by atoms with Crippen molar-refractivity contribution in [3.05, 3.63) is 47.5 Å². The number of rotatable bonds is 26. The maximum atomic E-state index is 12.4. The molecule has 0 radical (unpaired) electrons. The zero-order valence-corrected chi connectivity index (χ0v) is 31.3. The Morgan fingerprint density at radius 2 is 0.915 bits per heavy atom. The van der Waals surface area contributed by atoms with E-state index >= 15 is 0 Å². The molecule has 0 atom stereocenters. The highest BCUT2D eigenvalue weighted by Crippen LogP contribution is 2.38. The summed E-state index contributed by atoms with van der Waals surface area (Å²) in [6, 6.07) is 8.30. The molecule has 0 aliphatic heterocycles. The van der Waals surface area contributed by atoms with Crippen LogP contribution in [0, 0.1) is 0 Å². The Morgan fingerprint density at radius 1 is 0.511 bits per heavy atom. The third-order valence-electron chi connectivity index (χ3n) is 8.50. The van der Waals surface area contributed by atoms with Gasteiger partial charge in [-0.05, 0) is 55.0 Å². The predicted octanol–water partition coefficient (Wildman–Crippen LogP) is 11.0. The number of benzene rings is 2. The molecule has 2 aromatic rings. The Hall–Kier alpha value is -2.02. The lowest BCUT2D eigenvalue weighted by molar-refractivity contribution is 0.421. The van der Waals surface area contributed by atoms with E-state index in [1.807, 2.05) is 0 Å². The van der Waals surface area contributed by atoms with E-state index in [0.717, 1.165) is 56.6 Å². The van der Waals surface area contributed by atoms with E-state index in [0.29, 0.717) is 18.4 Å². The zero-order chi connectivity index (χ0) is 33.0. The summed E-state index contributed by atoms with van der Waals surface area (Å²) in [5.41, 5.74) is 1.51. The fourth-order valence-corrected chi connectivity index (χ4v) is 7.14. The molecule has 0 spiro atoms. The minimum atomic E-state index is -4.94. The summed E-state index contributed by atoms with van der Waals surface area (Å²) >= 11 is 0. The third kappa shape index (κ3) is 17.8. The molecule has 0 aromatic heterocycles. The number of quaternary nitrogens is 2. The van der Waals surface area contributed by atoms with Crippen LogP contribution < -0.4 is 17.0 Å². The first-order valence-corrected chi connectivity index (χ1v) is 20.2. The van der Waals surface area contributed by atoms with Crippen LogP contribution in [0.1, 0.15) is 153 Å². The molecule has 8 N–H and O–H groups in total. The molecule has 0 amide bonds. The molecule has 0 aliphatic rings. The van der Waals surface area contributed by atoms with Gasteiger partial charge in [-0.3, -0.25) is 0 Å². The van der Waals surface area contributed by atoms with E-state index in [9.17, 15) is 25.9 Å². The van der Waals surface area contributed by atoms with E-state index in [4.69, 9.17) is 4.74 Å². The van der Waals surface area contributed by atoms with E-state index < -0.39 is 30.0 Å². The normalized spacial score (nSPS) is 11.6. The van der Waals surface area contributed by atoms with Crippen LogP contribution in [0.15, 0.2) is 46.2 Å². The van der Waals surface area contributed by atoms with Gasteiger partial charge in [0.15, 0.2) is 0 Å². The Balaban J connectivity index is 0.0000106. The highest BCUT2D eigenvalue weighted by molar-refractivity contribution is 7.86. The van der Waals surface area contributed by atoms with Crippen LogP contribution in [-0.2, 0) is 33.1 Å². The van der Waals surface area contributed by atoms with Crippen molar-refractivity contribution in [1.82, 2.24) is 12.3 Å². The van der Waals surface area contributed by atoms with Gasteiger partial charge in [0.05, 0.1) is 9.79 Å². The average molecular weight is 701 g/mol. The highest BCUT2D eigenvalue weighted by atomic mass is 32.2. The summed E-state index contributed by atoms with van der Waals surface area (Å²) in [5.74, 6) is -0.431. The number of ether oxygens (including phenoxy) is 1. The summed E-state index contributed by atoms with van der Waals surface area (Å²) in [5, 5.41) is 0. The molecule has 2 aromatic carbocycles. The van der Waals surface area contributed by atoms with Gasteiger partial charge in [0, 0.05) is 0 Å². The van der Waals surface area contributed by atoms with Crippen molar-refractivity contribution in [3.8, 4) is 11.5 Å². The lowest BCUT2D eigenvalue weighted by atomic mass is 9.95. The first-order valence-electron chi connectivity index (χ1n) is 17.4. The molecular formula is C36H64N2O7S2. The lowest BCUT2D eigenvalue weighted by Gasteiger charge is -2.22. The molecule has 2 rings (SSSR count). The second kappa shape index (κ2) is 25.0. The van der Waals surface area contributed by atoms with Crippen LogP contribution in [0.4, 0.5) is 0 Å². The maximum absolute atomic E-state index is 12.4. The quantitative estimate of drug-likeness (QED) is 0.0718. The van der Waals surface area contributed by atoms with Gasteiger partial charge in [-0.1, -0.05) is 148 Å². The minimum Gasteiger partial charge on any atom is -0.744 e. The Bertz CT molecular complexity index is 1330. The Morgan fingerprint density at radius 3 is 1.36 bits per heavy atom. The molecule has 272 valence electrons. The van der Waals surface area contributed by atoms with Crippen molar-refractivity contribution < 1.29 is 30.7 Å². The zero-order valence-electron chi connectivity index (χ0n) is 29.7. The van der Waals surface area contributed by atoms with Crippen molar-refractivity contribution in [2.75, 3.05) is 0 Å². The SMILES string of the molecule is CCCCCCCCCCCCc1ccc(S(=O)(=O)[O-])c(Oc2ccccc2S(=O)(=O)[O-])c1CCCCCCCCCCCC.[NH4+].[NH4+]. The molecule has 11 heteroatoms. The molecule has 0 bridgehead atoms. The fourth-order valence-electron chi connectivity index (χ4n) is 5.91. The molecule has 9 nitrogen and oxygen atoms in total. The number of aryl methyl sites for hydroxylation is 1. The molecule has 0 fully saturated rings. The summed E-state index contributed by atoms with van der Waals surface area (Å²) in [6.45, 7) is 4.44. The summed E-state index contributed by atoms with van der Waals surface area (Å²) in [7, 11) is -9.84. The van der Waals surface area contributed by atoms with E-state index in [2.05, 4.69) is 13.8 Å². The summed E-state index contributed by atoms with van der Waals surface area (Å²) in [6.07, 6.45) is 24.6. The van der Waals surface area contributed by atoms with Crippen molar-refractivity contribution in [2.24, 2.45) is 0 Å². The van der Waals surface area contributed by atoms with Crippen LogP contribution in [-0.4, -0.2) is 25.9 Å². The molecule has 0 saturated heterocycles. The van der Waals surface area contributed by atoms with Gasteiger partial charge in [0.1, 0.15) is 31.7 Å². The Kier molecular flexibility index (Phi) is 23.9. The minimum absolute atomic E-state index is 0. The van der Waals surface area contributed by atoms with Gasteiger partial charge >= 0.3 is 0 Å². The lowest BCUT2D eigenvalue weighted by Crippen LogP contribution is -2.09. The summed E-state index contributed by atoms with van der Waals surface area (Å²) in [4.78, 5) is -1.13. The van der Waals surface area contributed by atoms with Gasteiger partial charge in [-0.2, -0.15) is 0 Å². The maximum Gasteiger partial charge on any atom is 0.148 e. The smallest absolute Gasteiger partial charge is 0.148 e. The number of hydrogen-bond acceptors (Lipinski definition) is 7. The molecule has 0 aliphatic carbocycles. The number of hydrogen-bond donors (Lipinski definition) is 2. The van der Waals surface area contributed by atoms with Gasteiger partial charge in [0.25, 0.3) is 0 Å². The van der Waals surface area contributed by atoms with Crippen LogP contribution in [0.25, 0.3) is 0 Å². The third-order valence-corrected chi connectivity index (χ3v) is 10.2. The van der Waals surface area contributed by atoms with Gasteiger partial charge in [-0.15, -0.1) is 0 Å². The number of para-hydroxylation sites is 1. The molecule has 0 unspecified atom stereocenters. The standard InChI is InChI=1S/C36H58O7S2.2H3N/c1-3-5-7-9-11-13-15-17-19-21-25-31-29-30-35(45(40,41)42)36(43-33-27-23-24-28-34(33)44(37,38)39)32(31)26-22-20-18-16-14-12-10-8-6-4-2;;/h23-24,27-30H,3-22,25-26H2,1-2H3,(H,37,38,39)(H,40,41,42);2*1H3. The van der Waals surface area contributed by atoms with Crippen LogP contribution in [0.3, 0.4) is 0 Å². The van der Waals surface area contributed by atoms with Gasteiger partial charge < -0.3 is 26.1 Å². The molecule has 47 heavy (non-hydrogen) atoms. The van der Waals surface area contributed by atoms with Crippen molar-refractivity contribution in [1.29, 1.82) is 0 Å². The van der Waals surface area contributed by atoms with Crippen molar-refractivity contribution >= 4 is 20.2 Å². The topological polar surface area (TPSA) is 197 Å². The van der Waals surface area contributed by atoms with Crippen LogP contribution in [0.2, 0.25) is 0 Å². The van der Waals surface area contributed by atoms with Crippen LogP contribution in [0.5, 0.6) is 11.5 Å². The largest absolute Gasteiger partial charge is 0.744 e. The van der Waals surface area contributed by atoms with Gasteiger partial charge in [-0.25, -0.2) is 16.8 Å². The first-order chi connectivity index (χ1) is 21.6. The Labute approximate surface area is 286 Å². The monoisotopic (exact) mass is 700 g/mol. The second-order valence-electron chi connectivity index (χ2n) is 12.4. The second-order valence-corrected chi connectivity index (χ2v) is 15.0. The van der Waals surface area contributed by atoms with Crippen molar-refractivity contribution in [2.45, 2.75) is 165 Å². The average Bonchev–Trinajstić information content (AvgIpc) is 2.99. The molecule has 0 saturated carbocycles. The fraction of sp³-hybridized carbons (Fsp3) is 0.667.